The smallest absolute Gasteiger partial charge is 0.187 e. The zero-order valence-corrected chi connectivity index (χ0v) is 12.8. The predicted octanol–water partition coefficient (Wildman–Crippen LogP) is 3.75. The molecule has 3 nitrogen and oxygen atoms in total. The van der Waals surface area contributed by atoms with Crippen molar-refractivity contribution >= 4 is 17.5 Å². The third kappa shape index (κ3) is 3.90. The van der Waals surface area contributed by atoms with Crippen LogP contribution >= 0.6 is 11.8 Å². The van der Waals surface area contributed by atoms with E-state index in [2.05, 4.69) is 30.7 Å². The zero-order chi connectivity index (χ0) is 14.6. The van der Waals surface area contributed by atoms with Gasteiger partial charge in [0.25, 0.3) is 0 Å². The van der Waals surface area contributed by atoms with Gasteiger partial charge in [0.15, 0.2) is 10.9 Å². The lowest BCUT2D eigenvalue weighted by Crippen LogP contribution is -2.11. The molecule has 0 radical (unpaired) electrons. The first kappa shape index (κ1) is 14.7. The van der Waals surface area contributed by atoms with Crippen LogP contribution in [0.2, 0.25) is 0 Å². The van der Waals surface area contributed by atoms with Crippen LogP contribution in [-0.2, 0) is 5.41 Å². The molecule has 0 aliphatic rings. The van der Waals surface area contributed by atoms with Gasteiger partial charge in [-0.2, -0.15) is 0 Å². The fourth-order valence-corrected chi connectivity index (χ4v) is 2.43. The van der Waals surface area contributed by atoms with Crippen LogP contribution in [0.15, 0.2) is 47.9 Å². The second kappa shape index (κ2) is 6.18. The Morgan fingerprint density at radius 1 is 1.10 bits per heavy atom. The van der Waals surface area contributed by atoms with Gasteiger partial charge >= 0.3 is 0 Å². The molecule has 0 unspecified atom stereocenters. The number of hydrogen-bond acceptors (Lipinski definition) is 4. The van der Waals surface area contributed by atoms with Crippen LogP contribution in [0.25, 0.3) is 0 Å². The van der Waals surface area contributed by atoms with Crippen molar-refractivity contribution in [1.29, 1.82) is 0 Å². The van der Waals surface area contributed by atoms with Crippen LogP contribution in [-0.4, -0.2) is 21.5 Å². The minimum Gasteiger partial charge on any atom is -0.293 e. The molecule has 0 spiro atoms. The summed E-state index contributed by atoms with van der Waals surface area (Å²) in [6.07, 6.45) is 3.36. The first-order valence-electron chi connectivity index (χ1n) is 6.50. The number of aromatic nitrogens is 2. The lowest BCUT2D eigenvalue weighted by atomic mass is 9.86. The predicted molar refractivity (Wildman–Crippen MR) is 82.2 cm³/mol. The summed E-state index contributed by atoms with van der Waals surface area (Å²) in [6.45, 7) is 6.48. The highest BCUT2D eigenvalue weighted by Crippen LogP contribution is 2.23. The second-order valence-corrected chi connectivity index (χ2v) is 6.51. The van der Waals surface area contributed by atoms with Crippen molar-refractivity contribution in [2.45, 2.75) is 31.3 Å². The maximum absolute atomic E-state index is 12.1. The molecule has 104 valence electrons. The van der Waals surface area contributed by atoms with E-state index in [-0.39, 0.29) is 11.2 Å². The lowest BCUT2D eigenvalue weighted by molar-refractivity contribution is 0.102. The molecule has 0 saturated carbocycles. The van der Waals surface area contributed by atoms with Gasteiger partial charge in [0, 0.05) is 18.0 Å². The van der Waals surface area contributed by atoms with Crippen molar-refractivity contribution in [1.82, 2.24) is 9.97 Å². The highest BCUT2D eigenvalue weighted by atomic mass is 32.2. The molecule has 0 bridgehead atoms. The Morgan fingerprint density at radius 3 is 2.25 bits per heavy atom. The van der Waals surface area contributed by atoms with Gasteiger partial charge in [-0.3, -0.25) is 4.79 Å². The van der Waals surface area contributed by atoms with Crippen LogP contribution in [0.5, 0.6) is 0 Å². The van der Waals surface area contributed by atoms with E-state index in [1.165, 1.54) is 17.3 Å². The molecular weight excluding hydrogens is 268 g/mol. The minimum atomic E-state index is 0.0999. The number of benzene rings is 1. The monoisotopic (exact) mass is 286 g/mol. The van der Waals surface area contributed by atoms with Crippen molar-refractivity contribution < 1.29 is 4.79 Å². The summed E-state index contributed by atoms with van der Waals surface area (Å²) in [5.74, 6) is 0.460. The number of nitrogens with zero attached hydrogens (tertiary/aromatic N) is 2. The third-order valence-electron chi connectivity index (χ3n) is 2.95. The van der Waals surface area contributed by atoms with Gasteiger partial charge in [0.05, 0.1) is 5.75 Å². The highest BCUT2D eigenvalue weighted by Gasteiger charge is 2.14. The summed E-state index contributed by atoms with van der Waals surface area (Å²) in [7, 11) is 0. The quantitative estimate of drug-likeness (QED) is 0.488. The van der Waals surface area contributed by atoms with E-state index >= 15 is 0 Å². The Kier molecular flexibility index (Phi) is 4.55. The number of thioether (sulfide) groups is 1. The third-order valence-corrected chi connectivity index (χ3v) is 3.82. The van der Waals surface area contributed by atoms with Crippen LogP contribution in [0.3, 0.4) is 0 Å². The second-order valence-electron chi connectivity index (χ2n) is 5.57. The Bertz CT molecular complexity index is 574. The molecule has 0 atom stereocenters. The number of ketones is 1. The molecule has 4 heteroatoms. The summed E-state index contributed by atoms with van der Waals surface area (Å²) in [4.78, 5) is 20.3. The van der Waals surface area contributed by atoms with E-state index in [9.17, 15) is 4.79 Å². The average molecular weight is 286 g/mol. The molecular formula is C16H18N2OS. The first-order chi connectivity index (χ1) is 9.47. The molecule has 0 aliphatic carbocycles. The van der Waals surface area contributed by atoms with Crippen molar-refractivity contribution in [2.75, 3.05) is 5.75 Å². The van der Waals surface area contributed by atoms with E-state index < -0.39 is 0 Å². The van der Waals surface area contributed by atoms with E-state index in [0.717, 1.165) is 5.56 Å². The van der Waals surface area contributed by atoms with Gasteiger partial charge in [-0.05, 0) is 17.0 Å². The number of rotatable bonds is 4. The summed E-state index contributed by atoms with van der Waals surface area (Å²) in [5, 5.41) is 0.632. The van der Waals surface area contributed by atoms with Crippen molar-refractivity contribution in [2.24, 2.45) is 0 Å². The first-order valence-corrected chi connectivity index (χ1v) is 7.49. The summed E-state index contributed by atoms with van der Waals surface area (Å²) < 4.78 is 0. The van der Waals surface area contributed by atoms with E-state index in [0.29, 0.717) is 10.9 Å². The number of hydrogen-bond donors (Lipinski definition) is 0. The van der Waals surface area contributed by atoms with Crippen LogP contribution in [0, 0.1) is 0 Å². The highest BCUT2D eigenvalue weighted by molar-refractivity contribution is 7.99. The molecule has 2 rings (SSSR count). The number of carbonyl (C=O) groups is 1. The Hall–Kier alpha value is -1.68. The van der Waals surface area contributed by atoms with Gasteiger partial charge in [0.2, 0.25) is 0 Å². The molecule has 0 aliphatic heterocycles. The van der Waals surface area contributed by atoms with Gasteiger partial charge in [-0.15, -0.1) is 0 Å². The van der Waals surface area contributed by atoms with Gasteiger partial charge in [-0.25, -0.2) is 9.97 Å². The van der Waals surface area contributed by atoms with E-state index in [1.54, 1.807) is 18.5 Å². The molecule has 0 fully saturated rings. The SMILES string of the molecule is CC(C)(C)c1ccc(C(=O)CSc2ncccn2)cc1. The maximum Gasteiger partial charge on any atom is 0.187 e. The minimum absolute atomic E-state index is 0.0999. The summed E-state index contributed by atoms with van der Waals surface area (Å²) in [6, 6.07) is 9.61. The van der Waals surface area contributed by atoms with Crippen LogP contribution in [0.1, 0.15) is 36.7 Å². The van der Waals surface area contributed by atoms with Crippen LogP contribution in [0.4, 0.5) is 0 Å². The Labute approximate surface area is 123 Å². The van der Waals surface area contributed by atoms with Gasteiger partial charge < -0.3 is 0 Å². The molecule has 0 amide bonds. The number of carbonyl (C=O) groups excluding carboxylic acids is 1. The van der Waals surface area contributed by atoms with Gasteiger partial charge in [0.1, 0.15) is 0 Å². The van der Waals surface area contributed by atoms with Crippen molar-refractivity contribution in [3.8, 4) is 0 Å². The standard InChI is InChI=1S/C16H18N2OS/c1-16(2,3)13-7-5-12(6-8-13)14(19)11-20-15-17-9-4-10-18-15/h4-10H,11H2,1-3H3. The van der Waals surface area contributed by atoms with E-state index in [1.807, 2.05) is 24.3 Å². The van der Waals surface area contributed by atoms with Gasteiger partial charge in [-0.1, -0.05) is 56.8 Å². The summed E-state index contributed by atoms with van der Waals surface area (Å²) in [5.41, 5.74) is 2.07. The number of Topliss-reactive ketones (excluding diaryl/α,β-unsaturated/α-hetero) is 1. The molecule has 0 N–H and O–H groups in total. The van der Waals surface area contributed by atoms with Crippen LogP contribution < -0.4 is 0 Å². The molecule has 1 aromatic heterocycles. The molecule has 20 heavy (non-hydrogen) atoms. The zero-order valence-electron chi connectivity index (χ0n) is 12.0. The van der Waals surface area contributed by atoms with E-state index in [4.69, 9.17) is 0 Å². The Balaban J connectivity index is 1.99. The fourth-order valence-electron chi connectivity index (χ4n) is 1.73. The maximum atomic E-state index is 12.1. The summed E-state index contributed by atoms with van der Waals surface area (Å²) >= 11 is 1.36. The average Bonchev–Trinajstić information content (AvgIpc) is 2.45. The lowest BCUT2D eigenvalue weighted by Gasteiger charge is -2.18. The van der Waals surface area contributed by atoms with Crippen molar-refractivity contribution in [3.63, 3.8) is 0 Å². The fraction of sp³-hybridized carbons (Fsp3) is 0.312. The molecule has 1 heterocycles. The molecule has 0 saturated heterocycles. The topological polar surface area (TPSA) is 42.9 Å². The molecule has 2 aromatic rings. The largest absolute Gasteiger partial charge is 0.293 e. The molecule has 1 aromatic carbocycles. The van der Waals surface area contributed by atoms with Crippen molar-refractivity contribution in [3.05, 3.63) is 53.9 Å². The Morgan fingerprint density at radius 2 is 1.70 bits per heavy atom. The normalized spacial score (nSPS) is 11.3.